The molecule has 0 saturated carbocycles. The van der Waals surface area contributed by atoms with E-state index in [0.717, 1.165) is 25.0 Å². The van der Waals surface area contributed by atoms with Crippen LogP contribution in [0.2, 0.25) is 0 Å². The van der Waals surface area contributed by atoms with E-state index < -0.39 is 0 Å². The van der Waals surface area contributed by atoms with E-state index in [1.54, 1.807) is 42.2 Å². The summed E-state index contributed by atoms with van der Waals surface area (Å²) in [6.07, 6.45) is 7.19. The van der Waals surface area contributed by atoms with Crippen molar-refractivity contribution in [3.8, 4) is 0 Å². The predicted molar refractivity (Wildman–Crippen MR) is 105 cm³/mol. The van der Waals surface area contributed by atoms with Gasteiger partial charge in [0, 0.05) is 31.7 Å². The lowest BCUT2D eigenvalue weighted by molar-refractivity contribution is 0.0857. The first-order valence-corrected chi connectivity index (χ1v) is 9.41. The second-order valence-corrected chi connectivity index (χ2v) is 7.01. The topological polar surface area (TPSA) is 86.1 Å². The van der Waals surface area contributed by atoms with Crippen LogP contribution in [0.4, 0.5) is 0 Å². The Balaban J connectivity index is 1.62. The molecule has 0 aromatic carbocycles. The van der Waals surface area contributed by atoms with Gasteiger partial charge < -0.3 is 14.6 Å². The maximum atomic E-state index is 12.9. The first kappa shape index (κ1) is 18.3. The van der Waals surface area contributed by atoms with Crippen molar-refractivity contribution in [2.45, 2.75) is 32.4 Å². The Morgan fingerprint density at radius 1 is 1.39 bits per heavy atom. The van der Waals surface area contributed by atoms with Gasteiger partial charge in [-0.15, -0.1) is 0 Å². The van der Waals surface area contributed by atoms with Crippen molar-refractivity contribution in [3.05, 3.63) is 70.0 Å². The smallest absolute Gasteiger partial charge is 0.260 e. The number of pyridine rings is 3. The highest BCUT2D eigenvalue weighted by atomic mass is 16.5. The van der Waals surface area contributed by atoms with Gasteiger partial charge in [-0.1, -0.05) is 6.07 Å². The fourth-order valence-electron chi connectivity index (χ4n) is 3.45. The molecule has 1 aliphatic rings. The van der Waals surface area contributed by atoms with Gasteiger partial charge in [-0.2, -0.15) is 0 Å². The van der Waals surface area contributed by atoms with Crippen LogP contribution in [-0.4, -0.2) is 39.7 Å². The molecule has 1 atom stereocenters. The third-order valence-electron chi connectivity index (χ3n) is 4.98. The number of hydrogen-bond donors (Lipinski definition) is 1. The number of carbonyl (C=O) groups is 1. The molecule has 3 aromatic heterocycles. The van der Waals surface area contributed by atoms with Crippen LogP contribution in [0.1, 0.15) is 34.5 Å². The van der Waals surface area contributed by atoms with Crippen molar-refractivity contribution < 1.29 is 9.53 Å². The van der Waals surface area contributed by atoms with Gasteiger partial charge in [0.2, 0.25) is 0 Å². The molecule has 0 spiro atoms. The Labute approximate surface area is 162 Å². The summed E-state index contributed by atoms with van der Waals surface area (Å²) in [6.45, 7) is 3.41. The lowest BCUT2D eigenvalue weighted by Gasteiger charge is -2.13. The zero-order valence-electron chi connectivity index (χ0n) is 15.7. The molecule has 7 nitrogen and oxygen atoms in total. The van der Waals surface area contributed by atoms with Crippen molar-refractivity contribution in [2.24, 2.45) is 0 Å². The number of hydrogen-bond acceptors (Lipinski definition) is 5. The van der Waals surface area contributed by atoms with Gasteiger partial charge in [-0.3, -0.25) is 19.6 Å². The van der Waals surface area contributed by atoms with Crippen molar-refractivity contribution in [2.75, 3.05) is 13.2 Å². The van der Waals surface area contributed by atoms with Crippen LogP contribution in [0.25, 0.3) is 10.9 Å². The van der Waals surface area contributed by atoms with E-state index in [1.165, 1.54) is 0 Å². The van der Waals surface area contributed by atoms with Crippen LogP contribution < -0.4 is 10.9 Å². The van der Waals surface area contributed by atoms with Crippen LogP contribution in [0, 0.1) is 6.92 Å². The molecule has 4 rings (SSSR count). The standard InChI is InChI=1S/C21H22N4O3/c1-14-17(20(26)23-12-16-5-3-9-28-16)10-18-19(24-14)6-8-25(21(18)27)13-15-4-2-7-22-11-15/h2,4,6-8,10-11,16H,3,5,9,12-13H2,1H3,(H,23,26). The second kappa shape index (κ2) is 7.90. The number of aryl methyl sites for hydroxylation is 1. The number of aromatic nitrogens is 3. The number of rotatable bonds is 5. The summed E-state index contributed by atoms with van der Waals surface area (Å²) in [5.74, 6) is -0.232. The van der Waals surface area contributed by atoms with Gasteiger partial charge in [0.25, 0.3) is 11.5 Å². The average molecular weight is 378 g/mol. The van der Waals surface area contributed by atoms with Gasteiger partial charge in [0.15, 0.2) is 0 Å². The molecule has 28 heavy (non-hydrogen) atoms. The molecule has 1 fully saturated rings. The lowest BCUT2D eigenvalue weighted by atomic mass is 10.1. The van der Waals surface area contributed by atoms with Gasteiger partial charge in [0.1, 0.15) is 0 Å². The van der Waals surface area contributed by atoms with Crippen LogP contribution in [0.15, 0.2) is 47.7 Å². The Morgan fingerprint density at radius 3 is 3.04 bits per heavy atom. The summed E-state index contributed by atoms with van der Waals surface area (Å²) in [4.78, 5) is 34.1. The highest BCUT2D eigenvalue weighted by Crippen LogP contribution is 2.15. The molecule has 0 radical (unpaired) electrons. The third kappa shape index (κ3) is 3.80. The van der Waals surface area contributed by atoms with Crippen molar-refractivity contribution in [1.29, 1.82) is 0 Å². The Kier molecular flexibility index (Phi) is 5.16. The minimum Gasteiger partial charge on any atom is -0.376 e. The fourth-order valence-corrected chi connectivity index (χ4v) is 3.45. The van der Waals surface area contributed by atoms with Crippen LogP contribution in [0.5, 0.6) is 0 Å². The van der Waals surface area contributed by atoms with E-state index in [0.29, 0.717) is 35.2 Å². The second-order valence-electron chi connectivity index (χ2n) is 7.01. The molecule has 1 aliphatic heterocycles. The molecular weight excluding hydrogens is 356 g/mol. The minimum atomic E-state index is -0.232. The van der Waals surface area contributed by atoms with Gasteiger partial charge in [-0.25, -0.2) is 0 Å². The molecule has 0 aliphatic carbocycles. The van der Waals surface area contributed by atoms with E-state index in [1.807, 2.05) is 12.1 Å². The molecule has 1 amide bonds. The molecule has 3 aromatic rings. The van der Waals surface area contributed by atoms with Crippen molar-refractivity contribution >= 4 is 16.8 Å². The average Bonchev–Trinajstić information content (AvgIpc) is 3.22. The Bertz CT molecular complexity index is 1060. The van der Waals surface area contributed by atoms with Gasteiger partial charge >= 0.3 is 0 Å². The number of ether oxygens (including phenoxy) is 1. The largest absolute Gasteiger partial charge is 0.376 e. The summed E-state index contributed by atoms with van der Waals surface area (Å²) in [5.41, 5.74) is 2.35. The number of amides is 1. The molecule has 0 bridgehead atoms. The fraction of sp³-hybridized carbons (Fsp3) is 0.333. The zero-order chi connectivity index (χ0) is 19.5. The van der Waals surface area contributed by atoms with E-state index in [9.17, 15) is 9.59 Å². The summed E-state index contributed by atoms with van der Waals surface area (Å²) < 4.78 is 7.14. The highest BCUT2D eigenvalue weighted by Gasteiger charge is 2.18. The van der Waals surface area contributed by atoms with Crippen LogP contribution in [0.3, 0.4) is 0 Å². The number of nitrogens with one attached hydrogen (secondary N) is 1. The SMILES string of the molecule is Cc1nc2ccn(Cc3cccnc3)c(=O)c2cc1C(=O)NCC1CCCO1. The normalized spacial score (nSPS) is 16.4. The summed E-state index contributed by atoms with van der Waals surface area (Å²) in [6, 6.07) is 7.20. The molecule has 1 unspecified atom stereocenters. The molecular formula is C21H22N4O3. The number of fused-ring (bicyclic) bond motifs is 1. The first-order chi connectivity index (χ1) is 13.6. The van der Waals surface area contributed by atoms with Gasteiger partial charge in [-0.05, 0) is 43.5 Å². The zero-order valence-corrected chi connectivity index (χ0v) is 15.7. The van der Waals surface area contributed by atoms with E-state index in [2.05, 4.69) is 15.3 Å². The minimum absolute atomic E-state index is 0.0642. The van der Waals surface area contributed by atoms with Gasteiger partial charge in [0.05, 0.1) is 34.8 Å². The lowest BCUT2D eigenvalue weighted by Crippen LogP contribution is -2.32. The quantitative estimate of drug-likeness (QED) is 0.734. The van der Waals surface area contributed by atoms with Crippen molar-refractivity contribution in [3.63, 3.8) is 0 Å². The van der Waals surface area contributed by atoms with Crippen LogP contribution >= 0.6 is 0 Å². The summed E-state index contributed by atoms with van der Waals surface area (Å²) in [5, 5.41) is 3.33. The molecule has 4 heterocycles. The monoisotopic (exact) mass is 378 g/mol. The molecule has 1 saturated heterocycles. The van der Waals surface area contributed by atoms with Crippen LogP contribution in [-0.2, 0) is 11.3 Å². The van der Waals surface area contributed by atoms with Crippen molar-refractivity contribution in [1.82, 2.24) is 19.9 Å². The predicted octanol–water partition coefficient (Wildman–Crippen LogP) is 2.06. The van der Waals surface area contributed by atoms with E-state index >= 15 is 0 Å². The first-order valence-electron chi connectivity index (χ1n) is 9.41. The maximum Gasteiger partial charge on any atom is 0.260 e. The summed E-state index contributed by atoms with van der Waals surface area (Å²) in [7, 11) is 0. The van der Waals surface area contributed by atoms with E-state index in [4.69, 9.17) is 4.74 Å². The molecule has 7 heteroatoms. The summed E-state index contributed by atoms with van der Waals surface area (Å²) >= 11 is 0. The maximum absolute atomic E-state index is 12.9. The number of carbonyl (C=O) groups excluding carboxylic acids is 1. The molecule has 1 N–H and O–H groups in total. The highest BCUT2D eigenvalue weighted by molar-refractivity contribution is 5.98. The molecule has 144 valence electrons. The van der Waals surface area contributed by atoms with E-state index in [-0.39, 0.29) is 17.6 Å². The number of nitrogens with zero attached hydrogens (tertiary/aromatic N) is 3. The Hall–Kier alpha value is -3.06. The Morgan fingerprint density at radius 2 is 2.29 bits per heavy atom. The third-order valence-corrected chi connectivity index (χ3v) is 4.98.